The third kappa shape index (κ3) is 5.21. The predicted octanol–water partition coefficient (Wildman–Crippen LogP) is 3.38. The molecule has 19 heavy (non-hydrogen) atoms. The fourth-order valence-corrected chi connectivity index (χ4v) is 2.06. The topological polar surface area (TPSA) is 46.3 Å². The van der Waals surface area contributed by atoms with E-state index >= 15 is 0 Å². The Morgan fingerprint density at radius 1 is 1.32 bits per heavy atom. The first-order valence-corrected chi connectivity index (χ1v) is 7.06. The lowest BCUT2D eigenvalue weighted by Crippen LogP contribution is -2.29. The summed E-state index contributed by atoms with van der Waals surface area (Å²) >= 11 is 5.86. The van der Waals surface area contributed by atoms with E-state index in [1.165, 1.54) is 0 Å². The molecule has 0 aliphatic rings. The molecule has 0 bridgehead atoms. The Balaban J connectivity index is 2.53. The Morgan fingerprint density at radius 2 is 1.89 bits per heavy atom. The summed E-state index contributed by atoms with van der Waals surface area (Å²) < 4.78 is 0. The SMILES string of the molecule is CC(N)CCCC(=O)N(C)C(C)c1ccc(Cl)cc1. The van der Waals surface area contributed by atoms with E-state index in [9.17, 15) is 4.79 Å². The van der Waals surface area contributed by atoms with Crippen LogP contribution in [0.4, 0.5) is 0 Å². The lowest BCUT2D eigenvalue weighted by atomic mass is 10.1. The Morgan fingerprint density at radius 3 is 2.42 bits per heavy atom. The molecule has 2 N–H and O–H groups in total. The predicted molar refractivity (Wildman–Crippen MR) is 80.1 cm³/mol. The van der Waals surface area contributed by atoms with Crippen LogP contribution in [-0.4, -0.2) is 23.9 Å². The molecule has 4 heteroatoms. The summed E-state index contributed by atoms with van der Waals surface area (Å²) in [5.41, 5.74) is 6.77. The van der Waals surface area contributed by atoms with Gasteiger partial charge >= 0.3 is 0 Å². The van der Waals surface area contributed by atoms with Gasteiger partial charge in [-0.05, 0) is 44.4 Å². The minimum Gasteiger partial charge on any atom is -0.339 e. The zero-order valence-corrected chi connectivity index (χ0v) is 12.7. The summed E-state index contributed by atoms with van der Waals surface area (Å²) in [5, 5.41) is 0.710. The van der Waals surface area contributed by atoms with Gasteiger partial charge in [-0.2, -0.15) is 0 Å². The van der Waals surface area contributed by atoms with E-state index < -0.39 is 0 Å². The molecule has 0 aromatic heterocycles. The van der Waals surface area contributed by atoms with Crippen LogP contribution < -0.4 is 5.73 Å². The van der Waals surface area contributed by atoms with Crippen LogP contribution in [0.25, 0.3) is 0 Å². The van der Waals surface area contributed by atoms with E-state index in [2.05, 4.69) is 0 Å². The van der Waals surface area contributed by atoms with Gasteiger partial charge in [0.25, 0.3) is 0 Å². The van der Waals surface area contributed by atoms with E-state index in [1.54, 1.807) is 4.90 Å². The molecule has 0 saturated heterocycles. The van der Waals surface area contributed by atoms with Crippen molar-refractivity contribution in [2.75, 3.05) is 7.05 Å². The molecule has 2 atom stereocenters. The molecule has 2 unspecified atom stereocenters. The molecule has 0 saturated carbocycles. The number of hydrogen-bond acceptors (Lipinski definition) is 2. The number of amides is 1. The van der Waals surface area contributed by atoms with E-state index in [4.69, 9.17) is 17.3 Å². The third-order valence-electron chi connectivity index (χ3n) is 3.38. The summed E-state index contributed by atoms with van der Waals surface area (Å²) in [5.74, 6) is 0.156. The van der Waals surface area contributed by atoms with Gasteiger partial charge in [-0.25, -0.2) is 0 Å². The van der Waals surface area contributed by atoms with Crippen LogP contribution in [0.3, 0.4) is 0 Å². The molecule has 0 fully saturated rings. The highest BCUT2D eigenvalue weighted by molar-refractivity contribution is 6.30. The van der Waals surface area contributed by atoms with Crippen LogP contribution in [0.1, 0.15) is 44.7 Å². The number of carbonyl (C=O) groups is 1. The fraction of sp³-hybridized carbons (Fsp3) is 0.533. The van der Waals surface area contributed by atoms with Gasteiger partial charge in [0.15, 0.2) is 0 Å². The smallest absolute Gasteiger partial charge is 0.222 e. The summed E-state index contributed by atoms with van der Waals surface area (Å²) in [6, 6.07) is 7.83. The number of hydrogen-bond donors (Lipinski definition) is 1. The zero-order valence-electron chi connectivity index (χ0n) is 11.9. The maximum absolute atomic E-state index is 12.1. The van der Waals surface area contributed by atoms with Gasteiger partial charge in [0.05, 0.1) is 6.04 Å². The highest BCUT2D eigenvalue weighted by Gasteiger charge is 2.16. The lowest BCUT2D eigenvalue weighted by Gasteiger charge is -2.25. The van der Waals surface area contributed by atoms with Gasteiger partial charge in [0.1, 0.15) is 0 Å². The van der Waals surface area contributed by atoms with Crippen molar-refractivity contribution in [2.45, 2.75) is 45.2 Å². The van der Waals surface area contributed by atoms with Crippen molar-refractivity contribution >= 4 is 17.5 Å². The first kappa shape index (κ1) is 16.0. The van der Waals surface area contributed by atoms with Gasteiger partial charge in [0, 0.05) is 24.5 Å². The Bertz CT molecular complexity index is 403. The van der Waals surface area contributed by atoms with Crippen molar-refractivity contribution in [1.82, 2.24) is 4.90 Å². The molecular weight excluding hydrogens is 260 g/mol. The van der Waals surface area contributed by atoms with Crippen LogP contribution in [-0.2, 0) is 4.79 Å². The van der Waals surface area contributed by atoms with Crippen molar-refractivity contribution in [3.63, 3.8) is 0 Å². The van der Waals surface area contributed by atoms with Crippen LogP contribution >= 0.6 is 11.6 Å². The second-order valence-corrected chi connectivity index (χ2v) is 5.54. The number of nitrogens with zero attached hydrogens (tertiary/aromatic N) is 1. The van der Waals surface area contributed by atoms with Crippen molar-refractivity contribution < 1.29 is 4.79 Å². The molecule has 1 aromatic carbocycles. The van der Waals surface area contributed by atoms with Crippen LogP contribution in [0.5, 0.6) is 0 Å². The molecule has 3 nitrogen and oxygen atoms in total. The van der Waals surface area contributed by atoms with Crippen molar-refractivity contribution in [2.24, 2.45) is 5.73 Å². The molecule has 0 radical (unpaired) electrons. The van der Waals surface area contributed by atoms with Gasteiger partial charge in [0.2, 0.25) is 5.91 Å². The maximum Gasteiger partial charge on any atom is 0.222 e. The average Bonchev–Trinajstić information content (AvgIpc) is 2.37. The number of rotatable bonds is 6. The van der Waals surface area contributed by atoms with Gasteiger partial charge in [-0.1, -0.05) is 23.7 Å². The zero-order chi connectivity index (χ0) is 14.4. The molecule has 0 aliphatic heterocycles. The van der Waals surface area contributed by atoms with E-state index in [-0.39, 0.29) is 18.0 Å². The second-order valence-electron chi connectivity index (χ2n) is 5.10. The number of halogens is 1. The second kappa shape index (κ2) is 7.51. The minimum atomic E-state index is 0.0556. The van der Waals surface area contributed by atoms with Crippen molar-refractivity contribution in [3.8, 4) is 0 Å². The van der Waals surface area contributed by atoms with Crippen LogP contribution in [0, 0.1) is 0 Å². The van der Waals surface area contributed by atoms with E-state index in [0.717, 1.165) is 18.4 Å². The largest absolute Gasteiger partial charge is 0.339 e. The molecule has 0 spiro atoms. The standard InChI is InChI=1S/C15H23ClN2O/c1-11(17)5-4-6-15(19)18(3)12(2)13-7-9-14(16)10-8-13/h7-12H,4-6,17H2,1-3H3. The fourth-order valence-electron chi connectivity index (χ4n) is 1.93. The molecule has 1 rings (SSSR count). The Hall–Kier alpha value is -1.06. The summed E-state index contributed by atoms with van der Waals surface area (Å²) in [6.45, 7) is 3.98. The normalized spacial score (nSPS) is 13.9. The quantitative estimate of drug-likeness (QED) is 0.869. The molecular formula is C15H23ClN2O. The Kier molecular flexibility index (Phi) is 6.32. The molecule has 0 heterocycles. The monoisotopic (exact) mass is 282 g/mol. The van der Waals surface area contributed by atoms with Crippen LogP contribution in [0.15, 0.2) is 24.3 Å². The highest BCUT2D eigenvalue weighted by atomic mass is 35.5. The summed E-state index contributed by atoms with van der Waals surface area (Å²) in [6.07, 6.45) is 2.28. The molecule has 0 aliphatic carbocycles. The third-order valence-corrected chi connectivity index (χ3v) is 3.63. The number of benzene rings is 1. The molecule has 1 amide bonds. The first-order chi connectivity index (χ1) is 8.91. The van der Waals surface area contributed by atoms with Gasteiger partial charge in [-0.3, -0.25) is 4.79 Å². The Labute approximate surface area is 120 Å². The summed E-state index contributed by atoms with van der Waals surface area (Å²) in [4.78, 5) is 13.8. The van der Waals surface area contributed by atoms with Gasteiger partial charge in [-0.15, -0.1) is 0 Å². The highest BCUT2D eigenvalue weighted by Crippen LogP contribution is 2.21. The van der Waals surface area contributed by atoms with Crippen molar-refractivity contribution in [3.05, 3.63) is 34.9 Å². The first-order valence-electron chi connectivity index (χ1n) is 6.68. The van der Waals surface area contributed by atoms with Gasteiger partial charge < -0.3 is 10.6 Å². The molecule has 106 valence electrons. The van der Waals surface area contributed by atoms with Crippen LogP contribution in [0.2, 0.25) is 5.02 Å². The summed E-state index contributed by atoms with van der Waals surface area (Å²) in [7, 11) is 1.84. The average molecular weight is 283 g/mol. The number of carbonyl (C=O) groups excluding carboxylic acids is 1. The minimum absolute atomic E-state index is 0.0556. The lowest BCUT2D eigenvalue weighted by molar-refractivity contribution is -0.131. The number of nitrogens with two attached hydrogens (primary N) is 1. The van der Waals surface area contributed by atoms with E-state index in [0.29, 0.717) is 11.4 Å². The maximum atomic E-state index is 12.1. The molecule has 1 aromatic rings. The van der Waals surface area contributed by atoms with E-state index in [1.807, 2.05) is 45.2 Å². The van der Waals surface area contributed by atoms with Crippen molar-refractivity contribution in [1.29, 1.82) is 0 Å².